The van der Waals surface area contributed by atoms with E-state index in [-0.39, 0.29) is 18.1 Å². The van der Waals surface area contributed by atoms with Gasteiger partial charge in [-0.2, -0.15) is 19.0 Å². The zero-order valence-corrected chi connectivity index (χ0v) is 20.4. The molecule has 6 heterocycles. The fourth-order valence-corrected chi connectivity index (χ4v) is 4.81. The molecule has 10 nitrogen and oxygen atoms in total. The van der Waals surface area contributed by atoms with E-state index in [2.05, 4.69) is 30.7 Å². The van der Waals surface area contributed by atoms with Crippen molar-refractivity contribution in [1.82, 2.24) is 43.9 Å². The number of aromatic nitrogens is 9. The van der Waals surface area contributed by atoms with Crippen molar-refractivity contribution in [3.05, 3.63) is 65.6 Å². The molecule has 1 aliphatic heterocycles. The van der Waals surface area contributed by atoms with Gasteiger partial charge in [0, 0.05) is 56.4 Å². The van der Waals surface area contributed by atoms with Crippen LogP contribution in [0, 0.1) is 0 Å². The van der Waals surface area contributed by atoms with Gasteiger partial charge in [-0.3, -0.25) is 13.9 Å². The molecule has 190 valence electrons. The summed E-state index contributed by atoms with van der Waals surface area (Å²) in [7, 11) is 3.21. The first kappa shape index (κ1) is 23.3. The number of hydrogen-bond donors (Lipinski definition) is 1. The molecular weight excluding hydrogens is 509 g/mol. The first-order valence-electron chi connectivity index (χ1n) is 11.3. The highest BCUT2D eigenvalue weighted by Gasteiger charge is 2.45. The predicted octanol–water partition coefficient (Wildman–Crippen LogP) is 4.34. The second-order valence-electron chi connectivity index (χ2n) is 8.72. The summed E-state index contributed by atoms with van der Waals surface area (Å²) in [5, 5.41) is 19.4. The molecular formula is C23H20ClF3N10. The van der Waals surface area contributed by atoms with Crippen LogP contribution >= 0.6 is 11.6 Å². The van der Waals surface area contributed by atoms with Crippen LogP contribution in [0.25, 0.3) is 22.6 Å². The van der Waals surface area contributed by atoms with Crippen molar-refractivity contribution in [3.8, 4) is 22.6 Å². The topological polar surface area (TPSA) is 96.2 Å². The number of anilines is 2. The summed E-state index contributed by atoms with van der Waals surface area (Å²) in [6.45, 7) is -0.755. The fourth-order valence-electron chi connectivity index (χ4n) is 4.60. The number of pyridine rings is 1. The minimum Gasteiger partial charge on any atom is -0.342 e. The molecule has 0 unspecified atom stereocenters. The van der Waals surface area contributed by atoms with Gasteiger partial charge in [0.05, 0.1) is 23.0 Å². The highest BCUT2D eigenvalue weighted by atomic mass is 35.5. The third-order valence-corrected chi connectivity index (χ3v) is 6.74. The van der Waals surface area contributed by atoms with Crippen LogP contribution in [0.15, 0.2) is 49.1 Å². The summed E-state index contributed by atoms with van der Waals surface area (Å²) < 4.78 is 50.9. The minimum absolute atomic E-state index is 0.119. The Morgan fingerprint density at radius 3 is 2.59 bits per heavy atom. The third-order valence-electron chi connectivity index (χ3n) is 6.44. The molecule has 14 heteroatoms. The Balaban J connectivity index is 1.42. The second-order valence-corrected chi connectivity index (χ2v) is 9.13. The van der Waals surface area contributed by atoms with E-state index < -0.39 is 24.5 Å². The molecule has 5 aromatic rings. The lowest BCUT2D eigenvalue weighted by molar-refractivity contribution is 0.0173. The first-order valence-corrected chi connectivity index (χ1v) is 11.6. The van der Waals surface area contributed by atoms with E-state index in [0.29, 0.717) is 27.7 Å². The van der Waals surface area contributed by atoms with Crippen molar-refractivity contribution in [3.63, 3.8) is 0 Å². The monoisotopic (exact) mass is 528 g/mol. The Morgan fingerprint density at radius 2 is 1.89 bits per heavy atom. The van der Waals surface area contributed by atoms with E-state index in [1.54, 1.807) is 46.9 Å². The van der Waals surface area contributed by atoms with Crippen LogP contribution in [0.5, 0.6) is 0 Å². The van der Waals surface area contributed by atoms with Gasteiger partial charge in [-0.1, -0.05) is 11.6 Å². The van der Waals surface area contributed by atoms with Crippen molar-refractivity contribution in [2.45, 2.75) is 18.5 Å². The Hall–Kier alpha value is -4.13. The molecule has 6 rings (SSSR count). The maximum Gasteiger partial charge on any atom is 0.348 e. The Bertz CT molecular complexity index is 1610. The number of alkyl halides is 3. The van der Waals surface area contributed by atoms with Gasteiger partial charge in [0.25, 0.3) is 0 Å². The molecule has 1 aliphatic rings. The maximum atomic E-state index is 15.5. The highest BCUT2D eigenvalue weighted by molar-refractivity contribution is 6.33. The van der Waals surface area contributed by atoms with E-state index in [1.165, 1.54) is 30.1 Å². The van der Waals surface area contributed by atoms with Gasteiger partial charge < -0.3 is 9.88 Å². The summed E-state index contributed by atoms with van der Waals surface area (Å²) in [6, 6.07) is 5.64. The van der Waals surface area contributed by atoms with Crippen LogP contribution in [0.1, 0.15) is 17.6 Å². The number of rotatable bonds is 6. The molecule has 0 amide bonds. The smallest absolute Gasteiger partial charge is 0.342 e. The van der Waals surface area contributed by atoms with E-state index in [9.17, 15) is 4.39 Å². The van der Waals surface area contributed by atoms with E-state index in [1.807, 2.05) is 0 Å². The third kappa shape index (κ3) is 3.68. The number of halogens is 4. The summed E-state index contributed by atoms with van der Waals surface area (Å²) in [6.07, 6.45) is 6.25. The zero-order valence-electron chi connectivity index (χ0n) is 19.6. The standard InChI is InChI=1S/C23H20ClF3N10/c1-34-18(3-5-29-34)23(26,27)22-33-32-21-17-7-13(11-36(17)12-14(9-25)37(21)22)15-8-19(28-10-16(15)24)31-20-4-6-30-35(20)2/h3-8,10-11,14H,9,12H2,1-2H3,(H,28,31)/t14-/m0/s1. The lowest BCUT2D eigenvalue weighted by Crippen LogP contribution is -2.31. The quantitative estimate of drug-likeness (QED) is 0.352. The van der Waals surface area contributed by atoms with Gasteiger partial charge in [0.2, 0.25) is 5.82 Å². The van der Waals surface area contributed by atoms with Gasteiger partial charge >= 0.3 is 5.92 Å². The van der Waals surface area contributed by atoms with Crippen LogP contribution in [0.2, 0.25) is 5.02 Å². The molecule has 0 saturated heterocycles. The highest BCUT2D eigenvalue weighted by Crippen LogP contribution is 2.42. The first-order chi connectivity index (χ1) is 17.8. The lowest BCUT2D eigenvalue weighted by atomic mass is 10.1. The van der Waals surface area contributed by atoms with Crippen LogP contribution in [-0.4, -0.2) is 50.6 Å². The Labute approximate surface area is 213 Å². The second kappa shape index (κ2) is 8.47. The maximum absolute atomic E-state index is 15.5. The van der Waals surface area contributed by atoms with Gasteiger partial charge in [-0.25, -0.2) is 9.37 Å². The van der Waals surface area contributed by atoms with Gasteiger partial charge in [0.1, 0.15) is 24.0 Å². The van der Waals surface area contributed by atoms with Crippen molar-refractivity contribution in [1.29, 1.82) is 0 Å². The number of nitrogens with zero attached hydrogens (tertiary/aromatic N) is 9. The van der Waals surface area contributed by atoms with E-state index in [0.717, 1.165) is 10.5 Å². The molecule has 5 aromatic heterocycles. The molecule has 0 radical (unpaired) electrons. The molecule has 0 aliphatic carbocycles. The lowest BCUT2D eigenvalue weighted by Gasteiger charge is -2.27. The molecule has 0 aromatic carbocycles. The SMILES string of the molecule is Cn1nccc1Nc1cc(-c2cc3n(c2)C[C@H](CF)n2c-3nnc2C(F)(F)c2ccnn2C)c(Cl)cn1. The van der Waals surface area contributed by atoms with Crippen LogP contribution in [-0.2, 0) is 26.6 Å². The van der Waals surface area contributed by atoms with Crippen LogP contribution in [0.3, 0.4) is 0 Å². The molecule has 0 fully saturated rings. The van der Waals surface area contributed by atoms with Gasteiger partial charge in [0.15, 0.2) is 5.82 Å². The van der Waals surface area contributed by atoms with Crippen molar-refractivity contribution >= 4 is 23.2 Å². The van der Waals surface area contributed by atoms with Crippen LogP contribution < -0.4 is 5.32 Å². The molecule has 0 saturated carbocycles. The Kier molecular flexibility index (Phi) is 5.33. The predicted molar refractivity (Wildman–Crippen MR) is 129 cm³/mol. The average molecular weight is 529 g/mol. The Morgan fingerprint density at radius 1 is 1.11 bits per heavy atom. The molecule has 1 atom stereocenters. The van der Waals surface area contributed by atoms with Gasteiger partial charge in [-0.15, -0.1) is 10.2 Å². The number of hydrogen-bond acceptors (Lipinski definition) is 6. The summed E-state index contributed by atoms with van der Waals surface area (Å²) in [5.74, 6) is -2.74. The molecule has 0 bridgehead atoms. The van der Waals surface area contributed by atoms with Crippen molar-refractivity contribution in [2.75, 3.05) is 12.0 Å². The van der Waals surface area contributed by atoms with Crippen LogP contribution in [0.4, 0.5) is 24.8 Å². The summed E-state index contributed by atoms with van der Waals surface area (Å²) >= 11 is 6.48. The van der Waals surface area contributed by atoms with Gasteiger partial charge in [-0.05, 0) is 18.2 Å². The number of fused-ring (bicyclic) bond motifs is 3. The fraction of sp³-hybridized carbons (Fsp3) is 0.261. The average Bonchev–Trinajstić information content (AvgIpc) is 3.66. The normalized spacial score (nSPS) is 15.0. The number of aryl methyl sites for hydroxylation is 2. The zero-order chi connectivity index (χ0) is 25.9. The van der Waals surface area contributed by atoms with E-state index >= 15 is 8.78 Å². The molecule has 37 heavy (non-hydrogen) atoms. The summed E-state index contributed by atoms with van der Waals surface area (Å²) in [5.41, 5.74) is 1.52. The largest absolute Gasteiger partial charge is 0.348 e. The summed E-state index contributed by atoms with van der Waals surface area (Å²) in [4.78, 5) is 4.33. The van der Waals surface area contributed by atoms with Crippen molar-refractivity contribution < 1.29 is 13.2 Å². The molecule has 1 N–H and O–H groups in total. The van der Waals surface area contributed by atoms with E-state index in [4.69, 9.17) is 11.6 Å². The minimum atomic E-state index is -3.53. The molecule has 0 spiro atoms. The van der Waals surface area contributed by atoms with Crippen molar-refractivity contribution in [2.24, 2.45) is 14.1 Å². The number of nitrogens with one attached hydrogen (secondary N) is 1.